The molecule has 0 saturated heterocycles. The third-order valence-electron chi connectivity index (χ3n) is 5.20. The lowest BCUT2D eigenvalue weighted by Crippen LogP contribution is -2.36. The van der Waals surface area contributed by atoms with E-state index < -0.39 is 17.9 Å². The molecule has 2 aromatic carbocycles. The third-order valence-corrected chi connectivity index (χ3v) is 5.46. The lowest BCUT2D eigenvalue weighted by molar-refractivity contribution is -0.125. The number of hydrogen-bond donors (Lipinski definition) is 3. The van der Waals surface area contributed by atoms with Gasteiger partial charge in [-0.1, -0.05) is 23.7 Å². The summed E-state index contributed by atoms with van der Waals surface area (Å²) >= 11 is 5.97. The number of ether oxygens (including phenoxy) is 1. The van der Waals surface area contributed by atoms with Crippen LogP contribution in [-0.2, 0) is 9.59 Å². The largest absolute Gasteiger partial charge is 0.495 e. The molecule has 0 fully saturated rings. The zero-order valence-electron chi connectivity index (χ0n) is 17.2. The number of aromatic carboxylic acids is 1. The van der Waals surface area contributed by atoms with Crippen LogP contribution in [0.15, 0.2) is 42.5 Å². The highest BCUT2D eigenvalue weighted by molar-refractivity contribution is 6.30. The summed E-state index contributed by atoms with van der Waals surface area (Å²) in [5.74, 6) is -1.26. The van der Waals surface area contributed by atoms with Gasteiger partial charge in [0.2, 0.25) is 11.8 Å². The van der Waals surface area contributed by atoms with Gasteiger partial charge in [-0.3, -0.25) is 9.59 Å². The number of carbonyl (C=O) groups is 3. The van der Waals surface area contributed by atoms with Crippen LogP contribution in [0.5, 0.6) is 5.75 Å². The molecule has 0 radical (unpaired) electrons. The van der Waals surface area contributed by atoms with Gasteiger partial charge >= 0.3 is 5.97 Å². The first kappa shape index (κ1) is 21.4. The fourth-order valence-corrected chi connectivity index (χ4v) is 3.70. The molecule has 3 aromatic rings. The quantitative estimate of drug-likeness (QED) is 0.539. The van der Waals surface area contributed by atoms with Crippen molar-refractivity contribution in [2.45, 2.75) is 19.4 Å². The van der Waals surface area contributed by atoms with Crippen LogP contribution in [0.2, 0.25) is 5.02 Å². The Balaban J connectivity index is 1.70. The lowest BCUT2D eigenvalue weighted by Gasteiger charge is -2.24. The van der Waals surface area contributed by atoms with E-state index in [1.165, 1.54) is 30.0 Å². The lowest BCUT2D eigenvalue weighted by atomic mass is 10.1. The van der Waals surface area contributed by atoms with E-state index in [1.54, 1.807) is 12.1 Å². The first-order valence-corrected chi connectivity index (χ1v) is 10.0. The van der Waals surface area contributed by atoms with E-state index in [2.05, 4.69) is 15.7 Å². The highest BCUT2D eigenvalue weighted by Gasteiger charge is 2.34. The van der Waals surface area contributed by atoms with E-state index in [9.17, 15) is 19.5 Å². The number of rotatable bonds is 5. The van der Waals surface area contributed by atoms with Crippen LogP contribution < -0.4 is 15.4 Å². The molecule has 3 N–H and O–H groups in total. The van der Waals surface area contributed by atoms with Gasteiger partial charge in [-0.2, -0.15) is 5.10 Å². The van der Waals surface area contributed by atoms with Gasteiger partial charge in [0.1, 0.15) is 17.6 Å². The summed E-state index contributed by atoms with van der Waals surface area (Å²) in [5.41, 5.74) is 2.29. The average Bonchev–Trinajstić information content (AvgIpc) is 3.10. The predicted molar refractivity (Wildman–Crippen MR) is 118 cm³/mol. The molecule has 1 atom stereocenters. The smallest absolute Gasteiger partial charge is 0.335 e. The number of anilines is 2. The van der Waals surface area contributed by atoms with Crippen LogP contribution in [0.4, 0.5) is 11.5 Å². The molecule has 0 spiro atoms. The molecule has 0 aliphatic carbocycles. The summed E-state index contributed by atoms with van der Waals surface area (Å²) in [6.07, 6.45) is -0.124. The minimum atomic E-state index is -1.14. The molecule has 164 valence electrons. The summed E-state index contributed by atoms with van der Waals surface area (Å²) in [6, 6.07) is 10.3. The van der Waals surface area contributed by atoms with Crippen LogP contribution in [0, 0.1) is 6.92 Å². The summed E-state index contributed by atoms with van der Waals surface area (Å²) in [4.78, 5) is 36.8. The van der Waals surface area contributed by atoms with Crippen molar-refractivity contribution in [2.24, 2.45) is 0 Å². The zero-order valence-corrected chi connectivity index (χ0v) is 17.9. The molecular weight excluding hydrogens is 436 g/mol. The van der Waals surface area contributed by atoms with E-state index in [0.717, 1.165) is 5.56 Å². The summed E-state index contributed by atoms with van der Waals surface area (Å²) in [6.45, 7) is 1.81. The molecule has 0 saturated carbocycles. The normalized spacial score (nSPS) is 15.0. The van der Waals surface area contributed by atoms with Crippen LogP contribution in [0.25, 0.3) is 11.3 Å². The average molecular weight is 455 g/mol. The molecule has 9 nitrogen and oxygen atoms in total. The number of halogens is 1. The van der Waals surface area contributed by atoms with Gasteiger partial charge < -0.3 is 20.5 Å². The standard InChI is InChI=1S/C22H19ClN4O5/c1-11-19(12-3-6-14(23)7-4-12)26-27-16(10-18(28)25-20(11)27)21(29)24-15-9-13(22(30)31)5-8-17(15)32-2/h3-9,16H,10H2,1-2H3,(H,24,29)(H,25,28)(H,30,31)/t16-/m1/s1. The molecule has 0 unspecified atom stereocenters. The number of carboxylic acid groups (broad SMARTS) is 1. The molecule has 0 bridgehead atoms. The van der Waals surface area contributed by atoms with Gasteiger partial charge in [0, 0.05) is 16.1 Å². The zero-order chi connectivity index (χ0) is 23.0. The van der Waals surface area contributed by atoms with Gasteiger partial charge in [-0.25, -0.2) is 9.48 Å². The molecular formula is C22H19ClN4O5. The first-order valence-electron chi connectivity index (χ1n) is 9.65. The van der Waals surface area contributed by atoms with Crippen molar-refractivity contribution < 1.29 is 24.2 Å². The highest BCUT2D eigenvalue weighted by atomic mass is 35.5. The second-order valence-electron chi connectivity index (χ2n) is 7.25. The molecule has 10 heteroatoms. The minimum absolute atomic E-state index is 0.0110. The summed E-state index contributed by atoms with van der Waals surface area (Å²) in [5, 5.41) is 19.9. The van der Waals surface area contributed by atoms with Crippen molar-refractivity contribution in [3.8, 4) is 17.0 Å². The summed E-state index contributed by atoms with van der Waals surface area (Å²) in [7, 11) is 1.41. The predicted octanol–water partition coefficient (Wildman–Crippen LogP) is 3.74. The number of carboxylic acids is 1. The Bertz CT molecular complexity index is 1240. The Hall–Kier alpha value is -3.85. The van der Waals surface area contributed by atoms with Crippen LogP contribution >= 0.6 is 11.6 Å². The van der Waals surface area contributed by atoms with Gasteiger partial charge in [0.05, 0.1) is 30.5 Å². The van der Waals surface area contributed by atoms with E-state index in [0.29, 0.717) is 27.8 Å². The minimum Gasteiger partial charge on any atom is -0.495 e. The van der Waals surface area contributed by atoms with Crippen molar-refractivity contribution in [2.75, 3.05) is 17.7 Å². The molecule has 4 rings (SSSR count). The number of benzene rings is 2. The SMILES string of the molecule is COc1ccc(C(=O)O)cc1NC(=O)[C@H]1CC(=O)Nc2c(C)c(-c3ccc(Cl)cc3)nn21. The number of nitrogens with zero attached hydrogens (tertiary/aromatic N) is 2. The van der Waals surface area contributed by atoms with Gasteiger partial charge in [-0.15, -0.1) is 0 Å². The fourth-order valence-electron chi connectivity index (χ4n) is 3.58. The van der Waals surface area contributed by atoms with E-state index in [4.69, 9.17) is 16.3 Å². The maximum Gasteiger partial charge on any atom is 0.335 e. The van der Waals surface area contributed by atoms with Crippen molar-refractivity contribution in [1.82, 2.24) is 9.78 Å². The maximum absolute atomic E-state index is 13.2. The number of amides is 2. The number of fused-ring (bicyclic) bond motifs is 1. The second-order valence-corrected chi connectivity index (χ2v) is 7.69. The van der Waals surface area contributed by atoms with Gasteiger partial charge in [0.25, 0.3) is 0 Å². The second kappa shape index (κ2) is 8.35. The molecule has 2 amide bonds. The van der Waals surface area contributed by atoms with Crippen molar-refractivity contribution >= 4 is 40.9 Å². The Labute approximate surface area is 187 Å². The topological polar surface area (TPSA) is 123 Å². The Morgan fingerprint density at radius 3 is 2.62 bits per heavy atom. The number of carbonyl (C=O) groups excluding carboxylic acids is 2. The van der Waals surface area contributed by atoms with E-state index >= 15 is 0 Å². The first-order chi connectivity index (χ1) is 15.3. The van der Waals surface area contributed by atoms with Gasteiger partial charge in [-0.05, 0) is 37.3 Å². The Morgan fingerprint density at radius 2 is 1.97 bits per heavy atom. The Morgan fingerprint density at radius 1 is 1.25 bits per heavy atom. The monoisotopic (exact) mass is 454 g/mol. The number of methoxy groups -OCH3 is 1. The third kappa shape index (κ3) is 3.90. The summed E-state index contributed by atoms with van der Waals surface area (Å²) < 4.78 is 6.71. The Kier molecular flexibility index (Phi) is 5.58. The maximum atomic E-state index is 13.2. The number of aromatic nitrogens is 2. The van der Waals surface area contributed by atoms with Crippen molar-refractivity contribution in [3.05, 3.63) is 58.6 Å². The molecule has 2 heterocycles. The van der Waals surface area contributed by atoms with E-state index in [1.807, 2.05) is 19.1 Å². The molecule has 32 heavy (non-hydrogen) atoms. The molecule has 1 aromatic heterocycles. The molecule has 1 aliphatic heterocycles. The number of nitrogens with one attached hydrogen (secondary N) is 2. The van der Waals surface area contributed by atoms with Crippen LogP contribution in [-0.4, -0.2) is 39.8 Å². The number of hydrogen-bond acceptors (Lipinski definition) is 5. The fraction of sp³-hybridized carbons (Fsp3) is 0.182. The molecule has 1 aliphatic rings. The van der Waals surface area contributed by atoms with Crippen molar-refractivity contribution in [3.63, 3.8) is 0 Å². The van der Waals surface area contributed by atoms with Crippen molar-refractivity contribution in [1.29, 1.82) is 0 Å². The van der Waals surface area contributed by atoms with Crippen LogP contribution in [0.1, 0.15) is 28.4 Å². The van der Waals surface area contributed by atoms with Crippen LogP contribution in [0.3, 0.4) is 0 Å². The highest BCUT2D eigenvalue weighted by Crippen LogP contribution is 2.35. The van der Waals surface area contributed by atoms with Gasteiger partial charge in [0.15, 0.2) is 0 Å². The van der Waals surface area contributed by atoms with E-state index in [-0.39, 0.29) is 23.6 Å².